The zero-order valence-corrected chi connectivity index (χ0v) is 15.5. The lowest BCUT2D eigenvalue weighted by Gasteiger charge is -2.34. The number of amides is 2. The van der Waals surface area contributed by atoms with Crippen molar-refractivity contribution in [3.8, 4) is 0 Å². The molecule has 1 heterocycles. The Morgan fingerprint density at radius 2 is 1.74 bits per heavy atom. The highest BCUT2D eigenvalue weighted by atomic mass is 19.1. The molecule has 6 heteroatoms. The summed E-state index contributed by atoms with van der Waals surface area (Å²) in [5, 5.41) is 2.70. The van der Waals surface area contributed by atoms with Gasteiger partial charge in [0, 0.05) is 37.4 Å². The molecule has 27 heavy (non-hydrogen) atoms. The first kappa shape index (κ1) is 19.0. The Morgan fingerprint density at radius 3 is 2.37 bits per heavy atom. The molecular formula is C21H24FN3O2. The number of aryl methyl sites for hydroxylation is 1. The van der Waals surface area contributed by atoms with Crippen LogP contribution in [0.25, 0.3) is 0 Å². The van der Waals surface area contributed by atoms with Gasteiger partial charge in [-0.2, -0.15) is 0 Å². The van der Waals surface area contributed by atoms with E-state index in [9.17, 15) is 14.0 Å². The fourth-order valence-corrected chi connectivity index (χ4v) is 3.14. The molecule has 1 N–H and O–H groups in total. The summed E-state index contributed by atoms with van der Waals surface area (Å²) in [4.78, 5) is 28.5. The van der Waals surface area contributed by atoms with Gasteiger partial charge >= 0.3 is 0 Å². The maximum atomic E-state index is 13.2. The van der Waals surface area contributed by atoms with Gasteiger partial charge in [-0.15, -0.1) is 0 Å². The van der Waals surface area contributed by atoms with Crippen molar-refractivity contribution in [1.29, 1.82) is 0 Å². The van der Waals surface area contributed by atoms with Crippen LogP contribution in [-0.4, -0.2) is 54.3 Å². The number of rotatable bonds is 5. The Hall–Kier alpha value is -2.73. The maximum absolute atomic E-state index is 13.2. The Balaban J connectivity index is 1.48. The highest BCUT2D eigenvalue weighted by molar-refractivity contribution is 5.94. The van der Waals surface area contributed by atoms with Gasteiger partial charge in [0.15, 0.2) is 0 Å². The zero-order valence-electron chi connectivity index (χ0n) is 15.5. The van der Waals surface area contributed by atoms with Crippen LogP contribution >= 0.6 is 0 Å². The van der Waals surface area contributed by atoms with Crippen molar-refractivity contribution >= 4 is 17.5 Å². The first-order chi connectivity index (χ1) is 13.0. The van der Waals surface area contributed by atoms with E-state index in [2.05, 4.69) is 12.2 Å². The second-order valence-corrected chi connectivity index (χ2v) is 6.68. The predicted octanol–water partition coefficient (Wildman–Crippen LogP) is 2.78. The lowest BCUT2D eigenvalue weighted by atomic mass is 10.1. The fraction of sp³-hybridized carbons (Fsp3) is 0.333. The van der Waals surface area contributed by atoms with E-state index in [-0.39, 0.29) is 24.2 Å². The second-order valence-electron chi connectivity index (χ2n) is 6.68. The van der Waals surface area contributed by atoms with Crippen LogP contribution in [0.3, 0.4) is 0 Å². The second kappa shape index (κ2) is 8.77. The summed E-state index contributed by atoms with van der Waals surface area (Å²) in [7, 11) is 0. The summed E-state index contributed by atoms with van der Waals surface area (Å²) in [5.41, 5.74) is 2.36. The molecule has 1 fully saturated rings. The predicted molar refractivity (Wildman–Crippen MR) is 103 cm³/mol. The highest BCUT2D eigenvalue weighted by Crippen LogP contribution is 2.12. The third-order valence-electron chi connectivity index (χ3n) is 4.74. The molecule has 0 radical (unpaired) electrons. The first-order valence-corrected chi connectivity index (χ1v) is 9.21. The molecular weight excluding hydrogens is 345 g/mol. The number of nitrogens with zero attached hydrogens (tertiary/aromatic N) is 2. The number of nitrogens with one attached hydrogen (secondary N) is 1. The minimum atomic E-state index is -0.383. The molecule has 3 rings (SSSR count). The molecule has 2 aromatic rings. The molecule has 0 aromatic heterocycles. The van der Waals surface area contributed by atoms with Gasteiger partial charge < -0.3 is 10.2 Å². The van der Waals surface area contributed by atoms with E-state index in [4.69, 9.17) is 0 Å². The Bertz CT molecular complexity index is 799. The average Bonchev–Trinajstić information content (AvgIpc) is 2.68. The number of hydrogen-bond donors (Lipinski definition) is 1. The van der Waals surface area contributed by atoms with E-state index in [1.54, 1.807) is 12.1 Å². The molecule has 5 nitrogen and oxygen atoms in total. The molecule has 2 aromatic carbocycles. The third-order valence-corrected chi connectivity index (χ3v) is 4.74. The van der Waals surface area contributed by atoms with E-state index >= 15 is 0 Å². The van der Waals surface area contributed by atoms with Crippen molar-refractivity contribution < 1.29 is 14.0 Å². The van der Waals surface area contributed by atoms with Crippen LogP contribution in [0.1, 0.15) is 22.8 Å². The van der Waals surface area contributed by atoms with E-state index in [0.29, 0.717) is 37.4 Å². The van der Waals surface area contributed by atoms with Crippen LogP contribution in [0.2, 0.25) is 0 Å². The molecule has 1 aliphatic rings. The number of carbonyl (C=O) groups is 2. The first-order valence-electron chi connectivity index (χ1n) is 9.21. The number of piperazine rings is 1. The summed E-state index contributed by atoms with van der Waals surface area (Å²) in [6, 6.07) is 13.6. The minimum absolute atomic E-state index is 0.0292. The van der Waals surface area contributed by atoms with Crippen molar-refractivity contribution in [2.24, 2.45) is 0 Å². The molecule has 2 amide bonds. The summed E-state index contributed by atoms with van der Waals surface area (Å²) < 4.78 is 13.2. The van der Waals surface area contributed by atoms with Crippen LogP contribution in [-0.2, 0) is 11.2 Å². The van der Waals surface area contributed by atoms with Crippen molar-refractivity contribution in [1.82, 2.24) is 9.80 Å². The fourth-order valence-electron chi connectivity index (χ4n) is 3.14. The minimum Gasteiger partial charge on any atom is -0.336 e. The standard InChI is InChI=1S/C21H24FN3O2/c1-2-16-6-8-17(9-7-16)21(27)25-12-10-24(11-13-25)15-20(26)23-19-5-3-4-18(22)14-19/h3-9,14H,2,10-13,15H2,1H3,(H,23,26). The monoisotopic (exact) mass is 369 g/mol. The average molecular weight is 369 g/mol. The van der Waals surface area contributed by atoms with Gasteiger partial charge in [0.2, 0.25) is 5.91 Å². The molecule has 0 saturated carbocycles. The Kier molecular flexibility index (Phi) is 6.19. The topological polar surface area (TPSA) is 52.7 Å². The molecule has 0 aliphatic carbocycles. The smallest absolute Gasteiger partial charge is 0.253 e. The number of benzene rings is 2. The Labute approximate surface area is 158 Å². The lowest BCUT2D eigenvalue weighted by Crippen LogP contribution is -2.50. The van der Waals surface area contributed by atoms with Crippen LogP contribution < -0.4 is 5.32 Å². The third kappa shape index (κ3) is 5.14. The van der Waals surface area contributed by atoms with E-state index in [1.165, 1.54) is 17.7 Å². The molecule has 0 atom stereocenters. The number of carbonyl (C=O) groups excluding carboxylic acids is 2. The Morgan fingerprint density at radius 1 is 1.04 bits per heavy atom. The molecule has 142 valence electrons. The van der Waals surface area contributed by atoms with Gasteiger partial charge in [0.05, 0.1) is 6.54 Å². The SMILES string of the molecule is CCc1ccc(C(=O)N2CCN(CC(=O)Nc3cccc(F)c3)CC2)cc1. The van der Waals surface area contributed by atoms with Gasteiger partial charge in [0.1, 0.15) is 5.82 Å². The van der Waals surface area contributed by atoms with Crippen molar-refractivity contribution in [2.75, 3.05) is 38.0 Å². The summed E-state index contributed by atoms with van der Waals surface area (Å²) in [6.07, 6.45) is 0.949. The normalized spacial score (nSPS) is 14.8. The highest BCUT2D eigenvalue weighted by Gasteiger charge is 2.23. The molecule has 0 bridgehead atoms. The summed E-state index contributed by atoms with van der Waals surface area (Å²) in [5.74, 6) is -0.538. The zero-order chi connectivity index (χ0) is 19.2. The van der Waals surface area contributed by atoms with E-state index in [1.807, 2.05) is 34.1 Å². The van der Waals surface area contributed by atoms with Crippen LogP contribution in [0.4, 0.5) is 10.1 Å². The molecule has 0 unspecified atom stereocenters. The van der Waals surface area contributed by atoms with Gasteiger partial charge in [0.25, 0.3) is 5.91 Å². The van der Waals surface area contributed by atoms with E-state index in [0.717, 1.165) is 6.42 Å². The summed E-state index contributed by atoms with van der Waals surface area (Å²) >= 11 is 0. The van der Waals surface area contributed by atoms with Gasteiger partial charge in [-0.1, -0.05) is 25.1 Å². The largest absolute Gasteiger partial charge is 0.336 e. The maximum Gasteiger partial charge on any atom is 0.253 e. The molecule has 0 spiro atoms. The molecule has 1 aliphatic heterocycles. The van der Waals surface area contributed by atoms with Crippen LogP contribution in [0, 0.1) is 5.82 Å². The van der Waals surface area contributed by atoms with Crippen LogP contribution in [0.15, 0.2) is 48.5 Å². The van der Waals surface area contributed by atoms with Gasteiger partial charge in [-0.25, -0.2) is 4.39 Å². The van der Waals surface area contributed by atoms with Crippen molar-refractivity contribution in [3.63, 3.8) is 0 Å². The number of hydrogen-bond acceptors (Lipinski definition) is 3. The lowest BCUT2D eigenvalue weighted by molar-refractivity contribution is -0.117. The van der Waals surface area contributed by atoms with E-state index < -0.39 is 0 Å². The number of halogens is 1. The van der Waals surface area contributed by atoms with Gasteiger partial charge in [-0.3, -0.25) is 14.5 Å². The molecule has 1 saturated heterocycles. The van der Waals surface area contributed by atoms with Crippen molar-refractivity contribution in [3.05, 3.63) is 65.5 Å². The van der Waals surface area contributed by atoms with Crippen molar-refractivity contribution in [2.45, 2.75) is 13.3 Å². The number of anilines is 1. The van der Waals surface area contributed by atoms with Crippen LogP contribution in [0.5, 0.6) is 0 Å². The summed E-state index contributed by atoms with van der Waals surface area (Å²) in [6.45, 7) is 4.75. The quantitative estimate of drug-likeness (QED) is 0.882. The van der Waals surface area contributed by atoms with Gasteiger partial charge in [-0.05, 0) is 42.3 Å².